The molecule has 6 heteroatoms. The van der Waals surface area contributed by atoms with Gasteiger partial charge in [0.25, 0.3) is 5.91 Å². The molecule has 0 saturated carbocycles. The van der Waals surface area contributed by atoms with E-state index in [0.29, 0.717) is 10.6 Å². The van der Waals surface area contributed by atoms with E-state index >= 15 is 0 Å². The number of halogens is 1. The Labute approximate surface area is 132 Å². The van der Waals surface area contributed by atoms with Crippen LogP contribution in [-0.4, -0.2) is 30.1 Å². The lowest BCUT2D eigenvalue weighted by atomic mass is 10.2. The summed E-state index contributed by atoms with van der Waals surface area (Å²) in [7, 11) is 0. The third-order valence-corrected chi connectivity index (χ3v) is 3.08. The van der Waals surface area contributed by atoms with Gasteiger partial charge in [0.15, 0.2) is 0 Å². The number of carboxylic acids is 1. The Bertz CT molecular complexity index is 687. The summed E-state index contributed by atoms with van der Waals surface area (Å²) in [6, 6.07) is 12.9. The topological polar surface area (TPSA) is 75.6 Å². The molecular weight excluding hydrogens is 306 g/mol. The second-order valence-corrected chi connectivity index (χ2v) is 4.85. The van der Waals surface area contributed by atoms with Crippen molar-refractivity contribution >= 4 is 23.5 Å². The van der Waals surface area contributed by atoms with E-state index in [-0.39, 0.29) is 30.4 Å². The van der Waals surface area contributed by atoms with Gasteiger partial charge in [-0.25, -0.2) is 4.79 Å². The highest BCUT2D eigenvalue weighted by Crippen LogP contribution is 2.17. The Morgan fingerprint density at radius 2 is 1.91 bits per heavy atom. The molecule has 1 amide bonds. The van der Waals surface area contributed by atoms with E-state index in [2.05, 4.69) is 5.32 Å². The average molecular weight is 320 g/mol. The van der Waals surface area contributed by atoms with E-state index in [1.165, 1.54) is 6.07 Å². The van der Waals surface area contributed by atoms with Crippen LogP contribution in [0.1, 0.15) is 20.7 Å². The molecule has 0 aliphatic rings. The van der Waals surface area contributed by atoms with Gasteiger partial charge in [0.2, 0.25) is 0 Å². The normalized spacial score (nSPS) is 10.0. The van der Waals surface area contributed by atoms with Crippen LogP contribution in [0.4, 0.5) is 0 Å². The van der Waals surface area contributed by atoms with Crippen molar-refractivity contribution in [2.45, 2.75) is 0 Å². The predicted octanol–water partition coefficient (Wildman–Crippen LogP) is 2.85. The first-order chi connectivity index (χ1) is 10.6. The van der Waals surface area contributed by atoms with Gasteiger partial charge in [0.05, 0.1) is 6.54 Å². The molecule has 0 bridgehead atoms. The Kier molecular flexibility index (Phi) is 5.38. The van der Waals surface area contributed by atoms with E-state index in [1.807, 2.05) is 0 Å². The summed E-state index contributed by atoms with van der Waals surface area (Å²) in [4.78, 5) is 22.9. The molecule has 22 heavy (non-hydrogen) atoms. The van der Waals surface area contributed by atoms with Gasteiger partial charge in [-0.3, -0.25) is 4.79 Å². The quantitative estimate of drug-likeness (QED) is 0.803. The number of carboxylic acid groups (broad SMARTS) is 1. The number of hydrogen-bond donors (Lipinski definition) is 2. The maximum Gasteiger partial charge on any atom is 0.339 e. The minimum atomic E-state index is -1.06. The second kappa shape index (κ2) is 7.47. The van der Waals surface area contributed by atoms with Crippen LogP contribution in [0.25, 0.3) is 0 Å². The summed E-state index contributed by atoms with van der Waals surface area (Å²) < 4.78 is 5.39. The number of amides is 1. The third kappa shape index (κ3) is 4.23. The monoisotopic (exact) mass is 319 g/mol. The molecule has 0 fully saturated rings. The van der Waals surface area contributed by atoms with Crippen LogP contribution in [0, 0.1) is 0 Å². The molecule has 2 aromatic carbocycles. The molecule has 0 radical (unpaired) electrons. The fourth-order valence-corrected chi connectivity index (χ4v) is 2.02. The van der Waals surface area contributed by atoms with Crippen LogP contribution in [-0.2, 0) is 0 Å². The van der Waals surface area contributed by atoms with Crippen LogP contribution in [0.3, 0.4) is 0 Å². The van der Waals surface area contributed by atoms with Crippen molar-refractivity contribution in [2.24, 2.45) is 0 Å². The fourth-order valence-electron chi connectivity index (χ4n) is 1.83. The lowest BCUT2D eigenvalue weighted by Crippen LogP contribution is -2.28. The van der Waals surface area contributed by atoms with Crippen molar-refractivity contribution in [3.63, 3.8) is 0 Å². The molecule has 0 spiro atoms. The molecule has 0 aliphatic heterocycles. The Morgan fingerprint density at radius 1 is 1.14 bits per heavy atom. The average Bonchev–Trinajstić information content (AvgIpc) is 2.51. The molecule has 0 aromatic heterocycles. The number of carbonyl (C=O) groups excluding carboxylic acids is 1. The molecule has 0 aliphatic carbocycles. The Balaban J connectivity index is 1.85. The number of nitrogens with one attached hydrogen (secondary N) is 1. The number of para-hydroxylation sites is 1. The molecule has 0 saturated heterocycles. The maximum atomic E-state index is 11.9. The lowest BCUT2D eigenvalue weighted by molar-refractivity contribution is 0.0691. The first kappa shape index (κ1) is 15.9. The number of rotatable bonds is 6. The van der Waals surface area contributed by atoms with Crippen LogP contribution in [0.5, 0.6) is 5.75 Å². The first-order valence-electron chi connectivity index (χ1n) is 6.57. The summed E-state index contributed by atoms with van der Waals surface area (Å²) in [5.41, 5.74) is 0.544. The number of benzene rings is 2. The molecule has 0 unspecified atom stereocenters. The number of hydrogen-bond acceptors (Lipinski definition) is 3. The Morgan fingerprint density at radius 3 is 2.64 bits per heavy atom. The summed E-state index contributed by atoms with van der Waals surface area (Å²) >= 11 is 5.82. The minimum Gasteiger partial charge on any atom is -0.491 e. The summed E-state index contributed by atoms with van der Waals surface area (Å²) in [6.45, 7) is 0.413. The van der Waals surface area contributed by atoms with Gasteiger partial charge in [0, 0.05) is 10.6 Å². The zero-order valence-corrected chi connectivity index (χ0v) is 12.3. The molecule has 5 nitrogen and oxygen atoms in total. The number of ether oxygens (including phenoxy) is 1. The van der Waals surface area contributed by atoms with Crippen LogP contribution in [0.2, 0.25) is 5.02 Å². The van der Waals surface area contributed by atoms with Crippen molar-refractivity contribution in [3.8, 4) is 5.75 Å². The van der Waals surface area contributed by atoms with Gasteiger partial charge in [-0.05, 0) is 30.3 Å². The van der Waals surface area contributed by atoms with Crippen molar-refractivity contribution in [2.75, 3.05) is 13.2 Å². The SMILES string of the molecule is O=C(NCCOc1ccccc1C(=O)O)c1cccc(Cl)c1. The standard InChI is InChI=1S/C16H14ClNO4/c17-12-5-3-4-11(10-12)15(19)18-8-9-22-14-7-2-1-6-13(14)16(20)21/h1-7,10H,8-9H2,(H,18,19)(H,20,21). The minimum absolute atomic E-state index is 0.0867. The molecule has 114 valence electrons. The van der Waals surface area contributed by atoms with Gasteiger partial charge in [-0.1, -0.05) is 29.8 Å². The van der Waals surface area contributed by atoms with Crippen LogP contribution >= 0.6 is 11.6 Å². The van der Waals surface area contributed by atoms with E-state index in [9.17, 15) is 9.59 Å². The highest BCUT2D eigenvalue weighted by Gasteiger charge is 2.10. The van der Waals surface area contributed by atoms with Crippen molar-refractivity contribution in [1.82, 2.24) is 5.32 Å². The van der Waals surface area contributed by atoms with Crippen molar-refractivity contribution in [3.05, 3.63) is 64.7 Å². The first-order valence-corrected chi connectivity index (χ1v) is 6.94. The van der Waals surface area contributed by atoms with Crippen molar-refractivity contribution < 1.29 is 19.4 Å². The van der Waals surface area contributed by atoms with Crippen LogP contribution in [0.15, 0.2) is 48.5 Å². The summed E-state index contributed by atoms with van der Waals surface area (Å²) in [6.07, 6.45) is 0. The zero-order chi connectivity index (χ0) is 15.9. The second-order valence-electron chi connectivity index (χ2n) is 4.42. The largest absolute Gasteiger partial charge is 0.491 e. The van der Waals surface area contributed by atoms with E-state index in [1.54, 1.807) is 42.5 Å². The predicted molar refractivity (Wildman–Crippen MR) is 82.7 cm³/mol. The molecule has 2 rings (SSSR count). The highest BCUT2D eigenvalue weighted by molar-refractivity contribution is 6.30. The smallest absolute Gasteiger partial charge is 0.339 e. The maximum absolute atomic E-state index is 11.9. The van der Waals surface area contributed by atoms with Gasteiger partial charge in [-0.15, -0.1) is 0 Å². The zero-order valence-electron chi connectivity index (χ0n) is 11.6. The Hall–Kier alpha value is -2.53. The van der Waals surface area contributed by atoms with Gasteiger partial charge in [-0.2, -0.15) is 0 Å². The van der Waals surface area contributed by atoms with Gasteiger partial charge >= 0.3 is 5.97 Å². The molecule has 2 N–H and O–H groups in total. The third-order valence-electron chi connectivity index (χ3n) is 2.85. The molecular formula is C16H14ClNO4. The number of carbonyl (C=O) groups is 2. The lowest BCUT2D eigenvalue weighted by Gasteiger charge is -2.10. The van der Waals surface area contributed by atoms with Crippen LogP contribution < -0.4 is 10.1 Å². The molecule has 0 heterocycles. The highest BCUT2D eigenvalue weighted by atomic mass is 35.5. The summed E-state index contributed by atoms with van der Waals surface area (Å²) in [5, 5.41) is 12.2. The molecule has 0 atom stereocenters. The van der Waals surface area contributed by atoms with E-state index in [4.69, 9.17) is 21.4 Å². The summed E-state index contributed by atoms with van der Waals surface area (Å²) in [5.74, 6) is -1.05. The van der Waals surface area contributed by atoms with E-state index < -0.39 is 5.97 Å². The van der Waals surface area contributed by atoms with Gasteiger partial charge < -0.3 is 15.2 Å². The molecule has 2 aromatic rings. The van der Waals surface area contributed by atoms with Crippen molar-refractivity contribution in [1.29, 1.82) is 0 Å². The van der Waals surface area contributed by atoms with Gasteiger partial charge in [0.1, 0.15) is 17.9 Å². The fraction of sp³-hybridized carbons (Fsp3) is 0.125. The van der Waals surface area contributed by atoms with E-state index in [0.717, 1.165) is 0 Å². The number of aromatic carboxylic acids is 1.